The minimum Gasteiger partial charge on any atom is -0.491 e. The lowest BCUT2D eigenvalue weighted by Crippen LogP contribution is -2.40. The normalized spacial score (nSPS) is 15.7. The highest BCUT2D eigenvalue weighted by Gasteiger charge is 2.29. The summed E-state index contributed by atoms with van der Waals surface area (Å²) in [4.78, 5) is 14.2. The first-order chi connectivity index (χ1) is 8.38. The van der Waals surface area contributed by atoms with Gasteiger partial charge in [0.05, 0.1) is 6.54 Å². The van der Waals surface area contributed by atoms with Gasteiger partial charge in [-0.3, -0.25) is 4.79 Å². The van der Waals surface area contributed by atoms with Crippen LogP contribution in [-0.2, 0) is 11.3 Å². The van der Waals surface area contributed by atoms with Crippen molar-refractivity contribution < 1.29 is 9.53 Å². The Morgan fingerprint density at radius 2 is 2.11 bits per heavy atom. The summed E-state index contributed by atoms with van der Waals surface area (Å²) in [5.41, 5.74) is 0.716. The van der Waals surface area contributed by atoms with Crippen molar-refractivity contribution in [2.24, 2.45) is 5.41 Å². The fraction of sp³-hybridized carbons (Fsp3) is 0.500. The van der Waals surface area contributed by atoms with Crippen LogP contribution in [-0.4, -0.2) is 24.0 Å². The molecular weight excluding hydrogens is 294 g/mol. The molecular formula is C14H18BrNO2. The molecule has 0 aliphatic carbocycles. The summed E-state index contributed by atoms with van der Waals surface area (Å²) in [5, 5.41) is 0. The number of benzene rings is 1. The van der Waals surface area contributed by atoms with E-state index in [1.807, 2.05) is 43.9 Å². The molecule has 3 nitrogen and oxygen atoms in total. The van der Waals surface area contributed by atoms with Crippen molar-refractivity contribution in [2.75, 3.05) is 13.2 Å². The van der Waals surface area contributed by atoms with E-state index in [9.17, 15) is 4.79 Å². The largest absolute Gasteiger partial charge is 0.491 e. The molecule has 0 bridgehead atoms. The van der Waals surface area contributed by atoms with Gasteiger partial charge in [0, 0.05) is 22.0 Å². The molecule has 0 saturated carbocycles. The Balaban J connectivity index is 2.24. The topological polar surface area (TPSA) is 29.5 Å². The monoisotopic (exact) mass is 311 g/mol. The highest BCUT2D eigenvalue weighted by Crippen LogP contribution is 2.28. The fourth-order valence-corrected chi connectivity index (χ4v) is 2.33. The number of nitrogens with zero attached hydrogens (tertiary/aromatic N) is 1. The highest BCUT2D eigenvalue weighted by molar-refractivity contribution is 9.10. The van der Waals surface area contributed by atoms with Crippen LogP contribution in [0.1, 0.15) is 26.3 Å². The Bertz CT molecular complexity index is 465. The third-order valence-electron chi connectivity index (χ3n) is 2.94. The molecule has 0 atom stereocenters. The van der Waals surface area contributed by atoms with Gasteiger partial charge >= 0.3 is 0 Å². The molecule has 1 amide bonds. The molecule has 1 aromatic rings. The molecule has 1 heterocycles. The Morgan fingerprint density at radius 1 is 1.39 bits per heavy atom. The standard InChI is InChI=1S/C14H18BrNO2/c1-14(2,3)13(17)16-6-7-18-12-8-11(15)5-4-10(12)9-16/h4-5,8H,6-7,9H2,1-3H3. The third kappa shape index (κ3) is 2.86. The molecule has 0 fully saturated rings. The third-order valence-corrected chi connectivity index (χ3v) is 3.43. The van der Waals surface area contributed by atoms with E-state index in [0.717, 1.165) is 15.8 Å². The van der Waals surface area contributed by atoms with Crippen LogP contribution in [0.3, 0.4) is 0 Å². The van der Waals surface area contributed by atoms with Crippen LogP contribution in [0.15, 0.2) is 22.7 Å². The van der Waals surface area contributed by atoms with Gasteiger partial charge in [-0.15, -0.1) is 0 Å². The molecule has 0 aromatic heterocycles. The molecule has 4 heteroatoms. The second kappa shape index (κ2) is 4.92. The number of fused-ring (bicyclic) bond motifs is 1. The highest BCUT2D eigenvalue weighted by atomic mass is 79.9. The van der Waals surface area contributed by atoms with Crippen molar-refractivity contribution in [3.63, 3.8) is 0 Å². The minimum atomic E-state index is -0.347. The molecule has 0 N–H and O–H groups in total. The van der Waals surface area contributed by atoms with E-state index in [1.165, 1.54) is 0 Å². The number of hydrogen-bond donors (Lipinski definition) is 0. The first-order valence-corrected chi connectivity index (χ1v) is 6.88. The van der Waals surface area contributed by atoms with E-state index >= 15 is 0 Å². The van der Waals surface area contributed by atoms with Gasteiger partial charge in [0.2, 0.25) is 5.91 Å². The van der Waals surface area contributed by atoms with Crippen LogP contribution in [0.5, 0.6) is 5.75 Å². The number of amides is 1. The van der Waals surface area contributed by atoms with E-state index in [0.29, 0.717) is 19.7 Å². The summed E-state index contributed by atoms with van der Waals surface area (Å²) >= 11 is 3.43. The lowest BCUT2D eigenvalue weighted by atomic mass is 9.94. The predicted molar refractivity (Wildman–Crippen MR) is 74.5 cm³/mol. The summed E-state index contributed by atoms with van der Waals surface area (Å²) in [6.45, 7) is 7.66. The minimum absolute atomic E-state index is 0.168. The molecule has 1 aliphatic heterocycles. The molecule has 2 rings (SSSR count). The summed E-state index contributed by atoms with van der Waals surface area (Å²) in [6, 6.07) is 5.95. The van der Waals surface area contributed by atoms with Crippen molar-refractivity contribution in [1.82, 2.24) is 4.90 Å². The Morgan fingerprint density at radius 3 is 2.78 bits per heavy atom. The average molecular weight is 312 g/mol. The fourth-order valence-electron chi connectivity index (χ4n) is 1.99. The molecule has 98 valence electrons. The predicted octanol–water partition coefficient (Wildman–Crippen LogP) is 3.22. The van der Waals surface area contributed by atoms with Gasteiger partial charge in [-0.2, -0.15) is 0 Å². The molecule has 0 unspecified atom stereocenters. The van der Waals surface area contributed by atoms with E-state index in [2.05, 4.69) is 15.9 Å². The van der Waals surface area contributed by atoms with Gasteiger partial charge in [-0.1, -0.05) is 42.8 Å². The van der Waals surface area contributed by atoms with Gasteiger partial charge in [-0.25, -0.2) is 0 Å². The van der Waals surface area contributed by atoms with Crippen LogP contribution in [0, 0.1) is 5.41 Å². The molecule has 0 saturated heterocycles. The Hall–Kier alpha value is -1.03. The van der Waals surface area contributed by atoms with Crippen molar-refractivity contribution >= 4 is 21.8 Å². The van der Waals surface area contributed by atoms with E-state index < -0.39 is 0 Å². The van der Waals surface area contributed by atoms with Crippen LogP contribution >= 0.6 is 15.9 Å². The van der Waals surface area contributed by atoms with Gasteiger partial charge < -0.3 is 9.64 Å². The Labute approximate surface area is 116 Å². The average Bonchev–Trinajstić information content (AvgIpc) is 2.48. The van der Waals surface area contributed by atoms with Gasteiger partial charge in [-0.05, 0) is 12.1 Å². The van der Waals surface area contributed by atoms with E-state index in [-0.39, 0.29) is 11.3 Å². The van der Waals surface area contributed by atoms with Crippen LogP contribution < -0.4 is 4.74 Å². The molecule has 0 radical (unpaired) electrons. The van der Waals surface area contributed by atoms with Gasteiger partial charge in [0.1, 0.15) is 12.4 Å². The maximum absolute atomic E-state index is 12.3. The molecule has 18 heavy (non-hydrogen) atoms. The van der Waals surface area contributed by atoms with Crippen LogP contribution in [0.4, 0.5) is 0 Å². The lowest BCUT2D eigenvalue weighted by Gasteiger charge is -2.27. The summed E-state index contributed by atoms with van der Waals surface area (Å²) < 4.78 is 6.70. The zero-order chi connectivity index (χ0) is 13.3. The first kappa shape index (κ1) is 13.4. The maximum atomic E-state index is 12.3. The lowest BCUT2D eigenvalue weighted by molar-refractivity contribution is -0.140. The summed E-state index contributed by atoms with van der Waals surface area (Å²) in [6.07, 6.45) is 0. The molecule has 0 spiro atoms. The van der Waals surface area contributed by atoms with E-state index in [1.54, 1.807) is 0 Å². The maximum Gasteiger partial charge on any atom is 0.228 e. The smallest absolute Gasteiger partial charge is 0.228 e. The van der Waals surface area contributed by atoms with Crippen molar-refractivity contribution in [1.29, 1.82) is 0 Å². The van der Waals surface area contributed by atoms with Crippen molar-refractivity contribution in [3.05, 3.63) is 28.2 Å². The number of carbonyl (C=O) groups excluding carboxylic acids is 1. The zero-order valence-corrected chi connectivity index (χ0v) is 12.6. The van der Waals surface area contributed by atoms with Crippen LogP contribution in [0.25, 0.3) is 0 Å². The van der Waals surface area contributed by atoms with Gasteiger partial charge in [0.15, 0.2) is 0 Å². The van der Waals surface area contributed by atoms with Gasteiger partial charge in [0.25, 0.3) is 0 Å². The van der Waals surface area contributed by atoms with Crippen LogP contribution in [0.2, 0.25) is 0 Å². The molecule has 1 aliphatic rings. The summed E-state index contributed by atoms with van der Waals surface area (Å²) in [7, 11) is 0. The quantitative estimate of drug-likeness (QED) is 0.736. The number of carbonyl (C=O) groups is 1. The van der Waals surface area contributed by atoms with E-state index in [4.69, 9.17) is 4.74 Å². The SMILES string of the molecule is CC(C)(C)C(=O)N1CCOc2cc(Br)ccc2C1. The zero-order valence-electron chi connectivity index (χ0n) is 11.0. The van der Waals surface area contributed by atoms with Crippen molar-refractivity contribution in [3.8, 4) is 5.75 Å². The Kier molecular flexibility index (Phi) is 3.66. The summed E-state index contributed by atoms with van der Waals surface area (Å²) in [5.74, 6) is 1.04. The first-order valence-electron chi connectivity index (χ1n) is 6.08. The number of rotatable bonds is 0. The second-order valence-electron chi connectivity index (χ2n) is 5.58. The second-order valence-corrected chi connectivity index (χ2v) is 6.49. The molecule has 1 aromatic carbocycles. The number of ether oxygens (including phenoxy) is 1. The number of hydrogen-bond acceptors (Lipinski definition) is 2. The number of halogens is 1. The van der Waals surface area contributed by atoms with Crippen molar-refractivity contribution in [2.45, 2.75) is 27.3 Å².